The molecule has 1 unspecified atom stereocenters. The summed E-state index contributed by atoms with van der Waals surface area (Å²) in [6, 6.07) is -0.518. The van der Waals surface area contributed by atoms with E-state index in [0.29, 0.717) is 25.9 Å². The first kappa shape index (κ1) is 13.4. The fourth-order valence-electron chi connectivity index (χ4n) is 1.86. The number of nitrogens with zero attached hydrogens (tertiary/aromatic N) is 1. The van der Waals surface area contributed by atoms with Crippen molar-refractivity contribution in [3.05, 3.63) is 0 Å². The molecule has 6 heteroatoms. The Morgan fingerprint density at radius 2 is 2.12 bits per heavy atom. The first-order valence-corrected chi connectivity index (χ1v) is 7.41. The van der Waals surface area contributed by atoms with Crippen molar-refractivity contribution in [1.82, 2.24) is 9.62 Å². The van der Waals surface area contributed by atoms with Crippen LogP contribution in [-0.4, -0.2) is 43.5 Å². The molecule has 5 nitrogen and oxygen atoms in total. The van der Waals surface area contributed by atoms with E-state index < -0.39 is 16.1 Å². The fraction of sp³-hybridized carbons (Fsp3) is 0.900. The van der Waals surface area contributed by atoms with Gasteiger partial charge >= 0.3 is 0 Å². The van der Waals surface area contributed by atoms with Gasteiger partial charge in [-0.2, -0.15) is 4.31 Å². The predicted octanol–water partition coefficient (Wildman–Crippen LogP) is 0.327. The van der Waals surface area contributed by atoms with E-state index in [1.165, 1.54) is 4.31 Å². The highest BCUT2D eigenvalue weighted by molar-refractivity contribution is 7.89. The Hall–Kier alpha value is -0.620. The average molecular weight is 248 g/mol. The lowest BCUT2D eigenvalue weighted by Crippen LogP contribution is -2.57. The van der Waals surface area contributed by atoms with Gasteiger partial charge in [0, 0.05) is 13.1 Å². The minimum absolute atomic E-state index is 0.146. The van der Waals surface area contributed by atoms with Gasteiger partial charge in [0.1, 0.15) is 6.04 Å². The molecule has 0 aromatic heterocycles. The number of carbonyl (C=O) groups excluding carboxylic acids is 1. The zero-order valence-electron chi connectivity index (χ0n) is 9.90. The summed E-state index contributed by atoms with van der Waals surface area (Å²) in [6.45, 7) is 4.60. The molecule has 0 radical (unpaired) electrons. The van der Waals surface area contributed by atoms with Crippen LogP contribution in [-0.2, 0) is 14.8 Å². The molecule has 0 aromatic carbocycles. The monoisotopic (exact) mass is 248 g/mol. The van der Waals surface area contributed by atoms with Crippen molar-refractivity contribution in [3.63, 3.8) is 0 Å². The quantitative estimate of drug-likeness (QED) is 0.762. The van der Waals surface area contributed by atoms with Crippen molar-refractivity contribution >= 4 is 15.9 Å². The number of hydrogen-bond donors (Lipinski definition) is 1. The highest BCUT2D eigenvalue weighted by Gasteiger charge is 2.35. The molecule has 94 valence electrons. The minimum Gasteiger partial charge on any atom is -0.353 e. The van der Waals surface area contributed by atoms with Gasteiger partial charge in [-0.15, -0.1) is 0 Å². The number of amides is 1. The van der Waals surface area contributed by atoms with Crippen molar-refractivity contribution in [2.24, 2.45) is 0 Å². The molecule has 1 amide bonds. The molecule has 0 aliphatic carbocycles. The molecule has 1 heterocycles. The van der Waals surface area contributed by atoms with Crippen LogP contribution in [0.15, 0.2) is 0 Å². The molecule has 1 N–H and O–H groups in total. The van der Waals surface area contributed by atoms with E-state index in [1.807, 2.05) is 13.8 Å². The molecule has 0 bridgehead atoms. The van der Waals surface area contributed by atoms with Crippen LogP contribution in [0.4, 0.5) is 0 Å². The van der Waals surface area contributed by atoms with Crippen LogP contribution >= 0.6 is 0 Å². The van der Waals surface area contributed by atoms with E-state index in [9.17, 15) is 13.2 Å². The van der Waals surface area contributed by atoms with Gasteiger partial charge in [0.05, 0.1) is 5.75 Å². The van der Waals surface area contributed by atoms with Gasteiger partial charge in [-0.3, -0.25) is 4.79 Å². The van der Waals surface area contributed by atoms with Gasteiger partial charge in [-0.25, -0.2) is 8.42 Å². The molecular formula is C10H20N2O3S. The Labute approximate surface area is 97.2 Å². The molecular weight excluding hydrogens is 228 g/mol. The fourth-order valence-corrected chi connectivity index (χ4v) is 3.75. The molecule has 16 heavy (non-hydrogen) atoms. The highest BCUT2D eigenvalue weighted by atomic mass is 32.2. The summed E-state index contributed by atoms with van der Waals surface area (Å²) in [5, 5.41) is 2.70. The molecule has 1 aliphatic heterocycles. The lowest BCUT2D eigenvalue weighted by atomic mass is 10.2. The second kappa shape index (κ2) is 5.63. The molecule has 1 fully saturated rings. The summed E-state index contributed by atoms with van der Waals surface area (Å²) < 4.78 is 25.4. The summed E-state index contributed by atoms with van der Waals surface area (Å²) in [4.78, 5) is 11.5. The Bertz CT molecular complexity index is 340. The number of hydrogen-bond acceptors (Lipinski definition) is 3. The number of carbonyl (C=O) groups is 1. The molecule has 1 aliphatic rings. The summed E-state index contributed by atoms with van der Waals surface area (Å²) in [5.41, 5.74) is 0. The molecule has 0 aromatic rings. The van der Waals surface area contributed by atoms with Crippen molar-refractivity contribution in [1.29, 1.82) is 0 Å². The van der Waals surface area contributed by atoms with Crippen LogP contribution in [0.2, 0.25) is 0 Å². The van der Waals surface area contributed by atoms with Crippen LogP contribution in [0.5, 0.6) is 0 Å². The number of nitrogens with one attached hydrogen (secondary N) is 1. The molecule has 1 rings (SSSR count). The zero-order chi connectivity index (χ0) is 12.2. The Morgan fingerprint density at radius 1 is 1.44 bits per heavy atom. The van der Waals surface area contributed by atoms with Gasteiger partial charge in [0.2, 0.25) is 15.9 Å². The topological polar surface area (TPSA) is 66.5 Å². The maximum atomic E-state index is 12.0. The van der Waals surface area contributed by atoms with E-state index in [1.54, 1.807) is 0 Å². The number of rotatable bonds is 5. The maximum Gasteiger partial charge on any atom is 0.238 e. The van der Waals surface area contributed by atoms with Crippen LogP contribution in [0.25, 0.3) is 0 Å². The number of piperazine rings is 1. The van der Waals surface area contributed by atoms with Crippen LogP contribution < -0.4 is 5.32 Å². The third-order valence-electron chi connectivity index (χ3n) is 2.78. The van der Waals surface area contributed by atoms with Crippen molar-refractivity contribution in [2.45, 2.75) is 39.2 Å². The smallest absolute Gasteiger partial charge is 0.238 e. The van der Waals surface area contributed by atoms with Crippen molar-refractivity contribution < 1.29 is 13.2 Å². The standard InChI is InChI=1S/C10H20N2O3S/c1-3-5-8-16(14,15)12-7-6-11-10(13)9(12)4-2/h9H,3-8H2,1-2H3,(H,11,13). The maximum absolute atomic E-state index is 12.0. The number of sulfonamides is 1. The van der Waals surface area contributed by atoms with Crippen LogP contribution in [0.3, 0.4) is 0 Å². The van der Waals surface area contributed by atoms with Crippen molar-refractivity contribution in [2.75, 3.05) is 18.8 Å². The summed E-state index contributed by atoms with van der Waals surface area (Å²) in [6.07, 6.45) is 2.02. The van der Waals surface area contributed by atoms with Gasteiger partial charge in [-0.1, -0.05) is 20.3 Å². The van der Waals surface area contributed by atoms with Gasteiger partial charge in [0.25, 0.3) is 0 Å². The summed E-state index contributed by atoms with van der Waals surface area (Å²) in [7, 11) is -3.27. The second-order valence-corrected chi connectivity index (χ2v) is 6.04. The average Bonchev–Trinajstić information content (AvgIpc) is 2.26. The van der Waals surface area contributed by atoms with Gasteiger partial charge < -0.3 is 5.32 Å². The van der Waals surface area contributed by atoms with E-state index >= 15 is 0 Å². The Kier molecular flexibility index (Phi) is 4.73. The second-order valence-electron chi connectivity index (χ2n) is 4.00. The molecule has 1 atom stereocenters. The van der Waals surface area contributed by atoms with E-state index in [2.05, 4.69) is 5.32 Å². The van der Waals surface area contributed by atoms with Crippen LogP contribution in [0.1, 0.15) is 33.1 Å². The number of unbranched alkanes of at least 4 members (excludes halogenated alkanes) is 1. The van der Waals surface area contributed by atoms with E-state index in [4.69, 9.17) is 0 Å². The largest absolute Gasteiger partial charge is 0.353 e. The first-order chi connectivity index (χ1) is 7.53. The van der Waals surface area contributed by atoms with Gasteiger partial charge in [-0.05, 0) is 12.8 Å². The van der Waals surface area contributed by atoms with Crippen LogP contribution in [0, 0.1) is 0 Å². The SMILES string of the molecule is CCCCS(=O)(=O)N1CCNC(=O)C1CC. The van der Waals surface area contributed by atoms with E-state index in [-0.39, 0.29) is 11.7 Å². The molecule has 0 spiro atoms. The third-order valence-corrected chi connectivity index (χ3v) is 4.74. The Balaban J connectivity index is 2.79. The normalized spacial score (nSPS) is 23.1. The lowest BCUT2D eigenvalue weighted by Gasteiger charge is -2.33. The summed E-state index contributed by atoms with van der Waals surface area (Å²) >= 11 is 0. The third kappa shape index (κ3) is 2.95. The molecule has 0 saturated carbocycles. The zero-order valence-corrected chi connectivity index (χ0v) is 10.7. The predicted molar refractivity (Wildman–Crippen MR) is 62.5 cm³/mol. The Morgan fingerprint density at radius 3 is 2.69 bits per heavy atom. The summed E-state index contributed by atoms with van der Waals surface area (Å²) in [5.74, 6) is -0.0263. The highest BCUT2D eigenvalue weighted by Crippen LogP contribution is 2.15. The molecule has 1 saturated heterocycles. The minimum atomic E-state index is -3.27. The van der Waals surface area contributed by atoms with E-state index in [0.717, 1.165) is 6.42 Å². The van der Waals surface area contributed by atoms with Crippen molar-refractivity contribution in [3.8, 4) is 0 Å². The van der Waals surface area contributed by atoms with Gasteiger partial charge in [0.15, 0.2) is 0 Å². The lowest BCUT2D eigenvalue weighted by molar-refractivity contribution is -0.126. The first-order valence-electron chi connectivity index (χ1n) is 5.80.